The van der Waals surface area contributed by atoms with Crippen LogP contribution in [0.1, 0.15) is 6.92 Å². The molecule has 0 radical (unpaired) electrons. The molecule has 3 amide bonds. The molecule has 6 nitrogen and oxygen atoms in total. The van der Waals surface area contributed by atoms with Gasteiger partial charge in [0.1, 0.15) is 6.04 Å². The Hall–Kier alpha value is -1.69. The first-order chi connectivity index (χ1) is 7.07. The van der Waals surface area contributed by atoms with Gasteiger partial charge in [0, 0.05) is 18.7 Å². The molecule has 2 N–H and O–H groups in total. The van der Waals surface area contributed by atoms with Gasteiger partial charge in [0.2, 0.25) is 5.91 Å². The van der Waals surface area contributed by atoms with Crippen molar-refractivity contribution in [3.05, 3.63) is 12.2 Å². The fraction of sp³-hybridized carbons (Fsp3) is 0.444. The normalized spacial score (nSPS) is 17.1. The number of amides is 3. The highest BCUT2D eigenvalue weighted by Crippen LogP contribution is 2.08. The van der Waals surface area contributed by atoms with Gasteiger partial charge >= 0.3 is 0 Å². The highest BCUT2D eigenvalue weighted by molar-refractivity contribution is 6.15. The summed E-state index contributed by atoms with van der Waals surface area (Å²) in [5.41, 5.74) is 0. The number of aliphatic hydroxyl groups excluding tert-OH is 1. The van der Waals surface area contributed by atoms with Crippen molar-refractivity contribution < 1.29 is 19.5 Å². The molecule has 0 spiro atoms. The molecule has 82 valence electrons. The van der Waals surface area contributed by atoms with Crippen LogP contribution in [0.15, 0.2) is 12.2 Å². The van der Waals surface area contributed by atoms with Crippen LogP contribution in [0.2, 0.25) is 0 Å². The lowest BCUT2D eigenvalue weighted by molar-refractivity contribution is -0.144. The zero-order valence-electron chi connectivity index (χ0n) is 8.27. The molecule has 0 saturated carbocycles. The summed E-state index contributed by atoms with van der Waals surface area (Å²) in [5.74, 6) is -1.45. The molecule has 1 rings (SSSR count). The van der Waals surface area contributed by atoms with Crippen molar-refractivity contribution in [1.82, 2.24) is 10.2 Å². The number of nitrogens with zero attached hydrogens (tertiary/aromatic N) is 1. The summed E-state index contributed by atoms with van der Waals surface area (Å²) in [7, 11) is 0. The Morgan fingerprint density at radius 3 is 2.47 bits per heavy atom. The molecule has 6 heteroatoms. The second-order valence-electron chi connectivity index (χ2n) is 3.07. The van der Waals surface area contributed by atoms with Crippen molar-refractivity contribution in [3.63, 3.8) is 0 Å². The Balaban J connectivity index is 2.60. The van der Waals surface area contributed by atoms with Crippen LogP contribution in [0.5, 0.6) is 0 Å². The van der Waals surface area contributed by atoms with Crippen LogP contribution in [0.3, 0.4) is 0 Å². The van der Waals surface area contributed by atoms with Gasteiger partial charge in [-0.2, -0.15) is 0 Å². The van der Waals surface area contributed by atoms with Crippen LogP contribution in [0.25, 0.3) is 0 Å². The summed E-state index contributed by atoms with van der Waals surface area (Å²) in [6, 6.07) is -0.855. The van der Waals surface area contributed by atoms with Gasteiger partial charge in [-0.05, 0) is 6.92 Å². The van der Waals surface area contributed by atoms with Crippen molar-refractivity contribution in [2.75, 3.05) is 13.2 Å². The second-order valence-corrected chi connectivity index (χ2v) is 3.07. The Bertz CT molecular complexity index is 306. The van der Waals surface area contributed by atoms with Crippen LogP contribution in [0, 0.1) is 0 Å². The first kappa shape index (κ1) is 11.4. The third-order valence-corrected chi connectivity index (χ3v) is 2.02. The van der Waals surface area contributed by atoms with Crippen LogP contribution in [-0.2, 0) is 14.4 Å². The van der Waals surface area contributed by atoms with E-state index in [-0.39, 0.29) is 13.2 Å². The molecule has 1 heterocycles. The fourth-order valence-electron chi connectivity index (χ4n) is 1.24. The molecule has 1 aliphatic rings. The molecule has 0 aromatic heterocycles. The van der Waals surface area contributed by atoms with Crippen LogP contribution < -0.4 is 5.32 Å². The monoisotopic (exact) mass is 212 g/mol. The zero-order valence-corrected chi connectivity index (χ0v) is 8.27. The smallest absolute Gasteiger partial charge is 0.254 e. The van der Waals surface area contributed by atoms with Gasteiger partial charge in [-0.15, -0.1) is 0 Å². The standard InChI is InChI=1S/C9H12N2O4/c1-6(9(15)10-4-5-12)11-7(13)2-3-8(11)14/h2-3,6,12H,4-5H2,1H3,(H,10,15). The summed E-state index contributed by atoms with van der Waals surface area (Å²) < 4.78 is 0. The average Bonchev–Trinajstić information content (AvgIpc) is 2.54. The number of imide groups is 1. The van der Waals surface area contributed by atoms with E-state index < -0.39 is 23.8 Å². The Kier molecular flexibility index (Phi) is 3.56. The maximum Gasteiger partial charge on any atom is 0.254 e. The number of nitrogens with one attached hydrogen (secondary N) is 1. The van der Waals surface area contributed by atoms with Crippen LogP contribution in [0.4, 0.5) is 0 Å². The minimum Gasteiger partial charge on any atom is -0.395 e. The molecule has 1 unspecified atom stereocenters. The number of aliphatic hydroxyl groups is 1. The van der Waals surface area contributed by atoms with Crippen molar-refractivity contribution in [1.29, 1.82) is 0 Å². The number of hydrogen-bond donors (Lipinski definition) is 2. The van der Waals surface area contributed by atoms with Crippen molar-refractivity contribution in [2.24, 2.45) is 0 Å². The quantitative estimate of drug-likeness (QED) is 0.550. The molecule has 0 aromatic rings. The average molecular weight is 212 g/mol. The zero-order chi connectivity index (χ0) is 11.4. The number of carbonyl (C=O) groups excluding carboxylic acids is 3. The fourth-order valence-corrected chi connectivity index (χ4v) is 1.24. The van der Waals surface area contributed by atoms with Crippen LogP contribution in [-0.4, -0.2) is 46.9 Å². The summed E-state index contributed by atoms with van der Waals surface area (Å²) in [5, 5.41) is 10.9. The first-order valence-electron chi connectivity index (χ1n) is 4.51. The number of hydrogen-bond acceptors (Lipinski definition) is 4. The van der Waals surface area contributed by atoms with E-state index >= 15 is 0 Å². The van der Waals surface area contributed by atoms with Crippen LogP contribution >= 0.6 is 0 Å². The van der Waals surface area contributed by atoms with E-state index in [1.54, 1.807) is 0 Å². The Labute approximate surface area is 86.6 Å². The molecule has 1 aliphatic heterocycles. The maximum absolute atomic E-state index is 11.4. The van der Waals surface area contributed by atoms with E-state index in [1.165, 1.54) is 6.92 Å². The maximum atomic E-state index is 11.4. The van der Waals surface area contributed by atoms with E-state index in [9.17, 15) is 14.4 Å². The summed E-state index contributed by atoms with van der Waals surface area (Å²) in [4.78, 5) is 34.6. The molecule has 15 heavy (non-hydrogen) atoms. The lowest BCUT2D eigenvalue weighted by Gasteiger charge is -2.21. The summed E-state index contributed by atoms with van der Waals surface area (Å²) >= 11 is 0. The Morgan fingerprint density at radius 1 is 1.47 bits per heavy atom. The Morgan fingerprint density at radius 2 is 2.00 bits per heavy atom. The molecule has 0 saturated heterocycles. The molecule has 0 fully saturated rings. The van der Waals surface area contributed by atoms with Gasteiger partial charge in [0.15, 0.2) is 0 Å². The van der Waals surface area contributed by atoms with Crippen molar-refractivity contribution >= 4 is 17.7 Å². The van der Waals surface area contributed by atoms with Gasteiger partial charge in [0.05, 0.1) is 6.61 Å². The first-order valence-corrected chi connectivity index (χ1v) is 4.51. The number of carbonyl (C=O) groups is 3. The van der Waals surface area contributed by atoms with Gasteiger partial charge in [-0.1, -0.05) is 0 Å². The second kappa shape index (κ2) is 4.70. The molecular weight excluding hydrogens is 200 g/mol. The van der Waals surface area contributed by atoms with E-state index in [0.717, 1.165) is 17.1 Å². The molecule has 0 bridgehead atoms. The van der Waals surface area contributed by atoms with Crippen molar-refractivity contribution in [2.45, 2.75) is 13.0 Å². The highest BCUT2D eigenvalue weighted by Gasteiger charge is 2.32. The predicted octanol–water partition coefficient (Wildman–Crippen LogP) is -1.59. The van der Waals surface area contributed by atoms with Gasteiger partial charge in [-0.3, -0.25) is 19.3 Å². The van der Waals surface area contributed by atoms with E-state index in [0.29, 0.717) is 0 Å². The number of rotatable bonds is 4. The van der Waals surface area contributed by atoms with Gasteiger partial charge in [0.25, 0.3) is 11.8 Å². The molecule has 0 aliphatic carbocycles. The SMILES string of the molecule is CC(C(=O)NCCO)N1C(=O)C=CC1=O. The molecular formula is C9H12N2O4. The van der Waals surface area contributed by atoms with E-state index in [1.807, 2.05) is 0 Å². The molecule has 1 atom stereocenters. The lowest BCUT2D eigenvalue weighted by Crippen LogP contribution is -2.48. The van der Waals surface area contributed by atoms with Crippen molar-refractivity contribution in [3.8, 4) is 0 Å². The topological polar surface area (TPSA) is 86.7 Å². The summed E-state index contributed by atoms with van der Waals surface area (Å²) in [6.45, 7) is 1.38. The largest absolute Gasteiger partial charge is 0.395 e. The van der Waals surface area contributed by atoms with Gasteiger partial charge < -0.3 is 10.4 Å². The van der Waals surface area contributed by atoms with E-state index in [4.69, 9.17) is 5.11 Å². The minimum absolute atomic E-state index is 0.104. The molecule has 0 aromatic carbocycles. The van der Waals surface area contributed by atoms with E-state index in [2.05, 4.69) is 5.32 Å². The third kappa shape index (κ3) is 2.41. The minimum atomic E-state index is -0.855. The predicted molar refractivity (Wildman–Crippen MR) is 50.6 cm³/mol. The highest BCUT2D eigenvalue weighted by atomic mass is 16.3. The van der Waals surface area contributed by atoms with Gasteiger partial charge in [-0.25, -0.2) is 0 Å². The lowest BCUT2D eigenvalue weighted by atomic mass is 10.2. The third-order valence-electron chi connectivity index (χ3n) is 2.02. The summed E-state index contributed by atoms with van der Waals surface area (Å²) in [6.07, 6.45) is 2.25.